The van der Waals surface area contributed by atoms with Crippen LogP contribution in [-0.4, -0.2) is 117 Å². The number of amides is 4. The Morgan fingerprint density at radius 3 is 1.64 bits per heavy atom. The predicted molar refractivity (Wildman–Crippen MR) is 210 cm³/mol. The molecule has 58 heavy (non-hydrogen) atoms. The van der Waals surface area contributed by atoms with Crippen molar-refractivity contribution in [2.24, 2.45) is 17.6 Å². The molecule has 20 heteroatoms. The highest BCUT2D eigenvalue weighted by Gasteiger charge is 2.26. The fourth-order valence-electron chi connectivity index (χ4n) is 5.55. The van der Waals surface area contributed by atoms with E-state index in [2.05, 4.69) is 33.2 Å². The summed E-state index contributed by atoms with van der Waals surface area (Å²) in [5.41, 5.74) is 6.03. The Labute approximate surface area is 339 Å². The highest BCUT2D eigenvalue weighted by atomic mass is 16.4. The first kappa shape index (κ1) is 52.6. The summed E-state index contributed by atoms with van der Waals surface area (Å²) < 4.78 is 0. The monoisotopic (exact) mass is 828 g/mol. The van der Waals surface area contributed by atoms with Crippen LogP contribution in [0.3, 0.4) is 0 Å². The SMILES string of the molecule is C=C(CC[C@H](NC(=O)CC[C@H](NC(C)=O)C(=O)O)C(=O)O)N[C@@H](CCC(=O)C[C@@H](CCC(=O)NCCCC[C@H](N)C(=O)NCCCC[C@H](C)C(C)=O)C(=O)O)C(=O)O.[HH]. The van der Waals surface area contributed by atoms with E-state index in [4.69, 9.17) is 10.8 Å². The zero-order valence-electron chi connectivity index (χ0n) is 33.6. The van der Waals surface area contributed by atoms with Gasteiger partial charge < -0.3 is 52.7 Å². The minimum Gasteiger partial charge on any atom is -0.481 e. The highest BCUT2D eigenvalue weighted by molar-refractivity contribution is 5.86. The van der Waals surface area contributed by atoms with Crippen molar-refractivity contribution in [1.29, 1.82) is 0 Å². The number of carboxylic acids is 4. The number of hydrogen-bond donors (Lipinski definition) is 10. The van der Waals surface area contributed by atoms with Gasteiger partial charge in [-0.25, -0.2) is 14.4 Å². The zero-order valence-corrected chi connectivity index (χ0v) is 33.6. The fourth-order valence-corrected chi connectivity index (χ4v) is 5.55. The van der Waals surface area contributed by atoms with E-state index in [-0.39, 0.29) is 76.2 Å². The number of carboxylic acid groups (broad SMARTS) is 4. The molecule has 4 amide bonds. The molecule has 0 rings (SSSR count). The van der Waals surface area contributed by atoms with Crippen LogP contribution in [0.1, 0.15) is 119 Å². The van der Waals surface area contributed by atoms with Crippen LogP contribution >= 0.6 is 0 Å². The first-order valence-corrected chi connectivity index (χ1v) is 19.4. The first-order chi connectivity index (χ1) is 27.1. The minimum atomic E-state index is -1.44. The molecule has 330 valence electrons. The molecule has 0 radical (unpaired) electrons. The number of hydrogen-bond acceptors (Lipinski definition) is 12. The van der Waals surface area contributed by atoms with E-state index in [0.717, 1.165) is 26.2 Å². The number of ketones is 2. The Balaban J connectivity index is 0. The molecule has 6 atom stereocenters. The number of allylic oxidation sites excluding steroid dienone is 1. The van der Waals surface area contributed by atoms with Crippen molar-refractivity contribution >= 4 is 59.1 Å². The Kier molecular flexibility index (Phi) is 26.2. The summed E-state index contributed by atoms with van der Waals surface area (Å²) in [6, 6.07) is -4.84. The van der Waals surface area contributed by atoms with Gasteiger partial charge in [-0.1, -0.05) is 19.9 Å². The lowest BCUT2D eigenvalue weighted by molar-refractivity contribution is -0.144. The van der Waals surface area contributed by atoms with Gasteiger partial charge in [-0.2, -0.15) is 0 Å². The summed E-state index contributed by atoms with van der Waals surface area (Å²) >= 11 is 0. The standard InChI is InChI=1S/C38H62N6O14.H2/c1-22(24(3)45)9-5-7-20-41-34(50)28(39)10-6-8-19-40-32(48)17-12-26(35(51)52)21-27(47)13-15-29(36(53)54)42-23(2)11-14-31(38(57)58)44-33(49)18-16-30(37(55)56)43-25(4)46;/h22,26,28-31,42H,2,5-21,39H2,1,3-4H3,(H,40,48)(H,41,50)(H,43,46)(H,44,49)(H,51,52)(H,53,54)(H,55,56)(H,57,58);1H/t22-,26+,28-,29-,30-,31-;/m0./s1. The second-order valence-electron chi connectivity index (χ2n) is 14.4. The lowest BCUT2D eigenvalue weighted by atomic mass is 9.94. The van der Waals surface area contributed by atoms with Gasteiger partial charge in [-0.05, 0) is 71.1 Å². The van der Waals surface area contributed by atoms with E-state index in [0.29, 0.717) is 25.8 Å². The summed E-state index contributed by atoms with van der Waals surface area (Å²) in [5, 5.41) is 50.4. The minimum absolute atomic E-state index is 0. The van der Waals surface area contributed by atoms with Gasteiger partial charge in [-0.15, -0.1) is 0 Å². The Morgan fingerprint density at radius 1 is 0.586 bits per heavy atom. The largest absolute Gasteiger partial charge is 0.481 e. The molecule has 0 bridgehead atoms. The van der Waals surface area contributed by atoms with Gasteiger partial charge >= 0.3 is 23.9 Å². The van der Waals surface area contributed by atoms with Crippen LogP contribution in [0, 0.1) is 11.8 Å². The summed E-state index contributed by atoms with van der Waals surface area (Å²) in [6.45, 7) is 8.95. The summed E-state index contributed by atoms with van der Waals surface area (Å²) in [5.74, 6) is -9.17. The van der Waals surface area contributed by atoms with Crippen LogP contribution in [0.4, 0.5) is 0 Å². The van der Waals surface area contributed by atoms with Crippen molar-refractivity contribution < 1.29 is 69.8 Å². The fraction of sp³-hybridized carbons (Fsp3) is 0.684. The number of nitrogens with two attached hydrogens (primary N) is 1. The molecular formula is C38H64N6O14. The van der Waals surface area contributed by atoms with Crippen molar-refractivity contribution in [2.75, 3.05) is 13.1 Å². The zero-order chi connectivity index (χ0) is 44.4. The topological polar surface area (TPSA) is 338 Å². The van der Waals surface area contributed by atoms with Crippen LogP contribution in [0.25, 0.3) is 0 Å². The Hall–Kier alpha value is -5.40. The van der Waals surface area contributed by atoms with Gasteiger partial charge in [0.2, 0.25) is 23.6 Å². The molecule has 0 aliphatic heterocycles. The van der Waals surface area contributed by atoms with E-state index in [9.17, 15) is 63.3 Å². The number of carbonyl (C=O) groups is 10. The van der Waals surface area contributed by atoms with Gasteiger partial charge in [0.05, 0.1) is 12.0 Å². The maximum atomic E-state index is 12.7. The molecule has 11 N–H and O–H groups in total. The van der Waals surface area contributed by atoms with Crippen LogP contribution < -0.4 is 32.3 Å². The first-order valence-electron chi connectivity index (χ1n) is 19.4. The van der Waals surface area contributed by atoms with Gasteiger partial charge in [0.25, 0.3) is 0 Å². The number of unbranched alkanes of at least 4 members (excludes halogenated alkanes) is 2. The Morgan fingerprint density at radius 2 is 1.09 bits per heavy atom. The maximum absolute atomic E-state index is 12.7. The van der Waals surface area contributed by atoms with Gasteiger partial charge in [0.15, 0.2) is 0 Å². The van der Waals surface area contributed by atoms with E-state index in [1.807, 2.05) is 6.92 Å². The number of carbonyl (C=O) groups excluding carboxylic acids is 6. The molecular weight excluding hydrogens is 764 g/mol. The van der Waals surface area contributed by atoms with Crippen LogP contribution in [-0.2, 0) is 47.9 Å². The van der Waals surface area contributed by atoms with Crippen molar-refractivity contribution in [1.82, 2.24) is 26.6 Å². The molecule has 20 nitrogen and oxygen atoms in total. The molecule has 0 saturated carbocycles. The lowest BCUT2D eigenvalue weighted by Crippen LogP contribution is -2.43. The number of aliphatic carboxylic acids is 4. The average molecular weight is 829 g/mol. The molecule has 0 spiro atoms. The van der Waals surface area contributed by atoms with Crippen LogP contribution in [0.5, 0.6) is 0 Å². The average Bonchev–Trinajstić information content (AvgIpc) is 3.13. The third-order valence-corrected chi connectivity index (χ3v) is 9.29. The lowest BCUT2D eigenvalue weighted by Gasteiger charge is -2.20. The number of Topliss-reactive ketones (excluding diaryl/α,β-unsaturated/α-hetero) is 2. The van der Waals surface area contributed by atoms with E-state index >= 15 is 0 Å². The third kappa shape index (κ3) is 25.0. The van der Waals surface area contributed by atoms with Crippen LogP contribution in [0.15, 0.2) is 12.3 Å². The van der Waals surface area contributed by atoms with Gasteiger partial charge in [-0.3, -0.25) is 33.6 Å². The third-order valence-electron chi connectivity index (χ3n) is 9.29. The highest BCUT2D eigenvalue weighted by Crippen LogP contribution is 2.16. The summed E-state index contributed by atoms with van der Waals surface area (Å²) in [7, 11) is 0. The van der Waals surface area contributed by atoms with E-state index in [1.54, 1.807) is 6.92 Å². The van der Waals surface area contributed by atoms with Gasteiger partial charge in [0, 0.05) is 58.7 Å². The quantitative estimate of drug-likeness (QED) is 0.0402. The van der Waals surface area contributed by atoms with E-state index in [1.165, 1.54) is 0 Å². The molecule has 0 fully saturated rings. The maximum Gasteiger partial charge on any atom is 0.326 e. The Bertz CT molecular complexity index is 1460. The number of nitrogens with one attached hydrogen (secondary N) is 5. The number of rotatable bonds is 34. The molecule has 0 aliphatic rings. The van der Waals surface area contributed by atoms with Gasteiger partial charge in [0.1, 0.15) is 29.7 Å². The molecule has 0 heterocycles. The molecule has 0 unspecified atom stereocenters. The second kappa shape index (κ2) is 28.9. The molecule has 0 saturated heterocycles. The van der Waals surface area contributed by atoms with Crippen molar-refractivity contribution in [3.8, 4) is 0 Å². The van der Waals surface area contributed by atoms with Crippen molar-refractivity contribution in [3.63, 3.8) is 0 Å². The van der Waals surface area contributed by atoms with Crippen molar-refractivity contribution in [3.05, 3.63) is 12.3 Å². The second-order valence-corrected chi connectivity index (χ2v) is 14.4. The summed E-state index contributed by atoms with van der Waals surface area (Å²) in [4.78, 5) is 119. The molecule has 0 aromatic heterocycles. The molecule has 0 aromatic rings. The predicted octanol–water partition coefficient (Wildman–Crippen LogP) is 0.854. The molecule has 0 aliphatic carbocycles. The normalized spacial score (nSPS) is 13.9. The smallest absolute Gasteiger partial charge is 0.326 e. The summed E-state index contributed by atoms with van der Waals surface area (Å²) in [6.07, 6.45) is 1.41. The molecule has 0 aromatic carbocycles. The van der Waals surface area contributed by atoms with Crippen molar-refractivity contribution in [2.45, 2.75) is 141 Å². The van der Waals surface area contributed by atoms with Crippen LogP contribution in [0.2, 0.25) is 0 Å². The van der Waals surface area contributed by atoms with E-state index < -0.39 is 90.3 Å².